The molecule has 5 heterocycles. The highest BCUT2D eigenvalue weighted by Crippen LogP contribution is 2.53. The number of hydrogen-bond acceptors (Lipinski definition) is 4. The van der Waals surface area contributed by atoms with E-state index < -0.39 is 18.1 Å². The third-order valence-electron chi connectivity index (χ3n) is 7.77. The zero-order valence-electron chi connectivity index (χ0n) is 18.0. The van der Waals surface area contributed by atoms with Gasteiger partial charge in [-0.2, -0.15) is 0 Å². The Balaban J connectivity index is 1.79. The Morgan fingerprint density at radius 3 is 2.45 bits per heavy atom. The topological polar surface area (TPSA) is 74.5 Å². The van der Waals surface area contributed by atoms with E-state index in [0.717, 1.165) is 49.2 Å². The first-order valence-electron chi connectivity index (χ1n) is 11.1. The summed E-state index contributed by atoms with van der Waals surface area (Å²) >= 11 is 0. The fraction of sp³-hybridized carbons (Fsp3) is 0.231. The van der Waals surface area contributed by atoms with Crippen molar-refractivity contribution < 1.29 is 19.1 Å². The van der Waals surface area contributed by atoms with Crippen molar-refractivity contribution in [3.63, 3.8) is 0 Å². The molecule has 3 atom stereocenters. The molecule has 7 nitrogen and oxygen atoms in total. The second-order valence-corrected chi connectivity index (χ2v) is 9.27. The van der Waals surface area contributed by atoms with Crippen LogP contribution < -0.4 is 5.32 Å². The first-order valence-corrected chi connectivity index (χ1v) is 11.1. The summed E-state index contributed by atoms with van der Waals surface area (Å²) in [5, 5.41) is 6.95. The lowest BCUT2D eigenvalue weighted by molar-refractivity contribution is -0.142. The zero-order valence-corrected chi connectivity index (χ0v) is 18.0. The molecule has 8 rings (SSSR count). The fourth-order valence-electron chi connectivity index (χ4n) is 6.61. The molecule has 3 aromatic carbocycles. The minimum atomic E-state index is -1.03. The third kappa shape index (κ3) is 1.74. The van der Waals surface area contributed by atoms with E-state index in [4.69, 9.17) is 9.47 Å². The molecule has 7 heteroatoms. The van der Waals surface area contributed by atoms with Gasteiger partial charge in [-0.25, -0.2) is 0 Å². The molecule has 0 spiro atoms. The van der Waals surface area contributed by atoms with Gasteiger partial charge in [0.1, 0.15) is 0 Å². The predicted molar refractivity (Wildman–Crippen MR) is 123 cm³/mol. The number of hydrogen-bond donors (Lipinski definition) is 1. The van der Waals surface area contributed by atoms with Crippen LogP contribution in [0.25, 0.3) is 43.6 Å². The number of methoxy groups -OCH3 is 1. The van der Waals surface area contributed by atoms with Crippen LogP contribution in [-0.4, -0.2) is 34.0 Å². The molecule has 3 aliphatic rings. The van der Waals surface area contributed by atoms with E-state index in [0.29, 0.717) is 12.1 Å². The first-order chi connectivity index (χ1) is 16.1. The van der Waals surface area contributed by atoms with Crippen LogP contribution >= 0.6 is 0 Å². The first kappa shape index (κ1) is 17.8. The maximum atomic E-state index is 13.7. The lowest BCUT2D eigenvalue weighted by Crippen LogP contribution is -2.43. The number of amides is 1. The molecule has 162 valence electrons. The van der Waals surface area contributed by atoms with Crippen LogP contribution in [0.2, 0.25) is 0 Å². The van der Waals surface area contributed by atoms with E-state index in [9.17, 15) is 9.59 Å². The van der Waals surface area contributed by atoms with Crippen LogP contribution in [0.15, 0.2) is 48.5 Å². The van der Waals surface area contributed by atoms with Crippen molar-refractivity contribution in [1.29, 1.82) is 0 Å². The van der Waals surface area contributed by atoms with Gasteiger partial charge in [-0.05, 0) is 24.6 Å². The van der Waals surface area contributed by atoms with Gasteiger partial charge in [0, 0.05) is 35.2 Å². The maximum absolute atomic E-state index is 13.7. The summed E-state index contributed by atoms with van der Waals surface area (Å²) in [7, 11) is 1.56. The number of fused-ring (bicyclic) bond motifs is 13. The lowest BCUT2D eigenvalue weighted by atomic mass is 9.96. The average molecular weight is 437 g/mol. The normalized spacial score (nSPS) is 25.6. The van der Waals surface area contributed by atoms with Crippen LogP contribution in [0.1, 0.15) is 29.1 Å². The largest absolute Gasteiger partial charge is 0.368 e. The van der Waals surface area contributed by atoms with Crippen molar-refractivity contribution in [2.75, 3.05) is 7.11 Å². The van der Waals surface area contributed by atoms with Gasteiger partial charge in [-0.3, -0.25) is 9.59 Å². The van der Waals surface area contributed by atoms with E-state index in [1.165, 1.54) is 0 Å². The van der Waals surface area contributed by atoms with E-state index in [-0.39, 0.29) is 11.7 Å². The van der Waals surface area contributed by atoms with Crippen LogP contribution in [-0.2, 0) is 26.5 Å². The minimum Gasteiger partial charge on any atom is -0.368 e. The molecule has 0 radical (unpaired) electrons. The fourth-order valence-corrected chi connectivity index (χ4v) is 6.61. The van der Waals surface area contributed by atoms with Crippen molar-refractivity contribution in [2.24, 2.45) is 0 Å². The van der Waals surface area contributed by atoms with Crippen LogP contribution in [0.3, 0.4) is 0 Å². The van der Waals surface area contributed by atoms with E-state index in [1.54, 1.807) is 7.11 Å². The van der Waals surface area contributed by atoms with Crippen molar-refractivity contribution >= 4 is 55.3 Å². The maximum Gasteiger partial charge on any atom is 0.252 e. The molecule has 5 aromatic rings. The molecule has 2 bridgehead atoms. The Morgan fingerprint density at radius 1 is 1.00 bits per heavy atom. The van der Waals surface area contributed by atoms with Crippen LogP contribution in [0, 0.1) is 0 Å². The van der Waals surface area contributed by atoms with E-state index in [1.807, 2.05) is 47.9 Å². The monoisotopic (exact) mass is 437 g/mol. The smallest absolute Gasteiger partial charge is 0.252 e. The summed E-state index contributed by atoms with van der Waals surface area (Å²) in [6.07, 6.45) is -1.61. The number of Topliss-reactive ketones (excluding diaryl/α,β-unsaturated/α-hetero) is 1. The average Bonchev–Trinajstić information content (AvgIpc) is 3.50. The molecule has 1 fully saturated rings. The number of carbonyl (C=O) groups excluding carboxylic acids is 2. The van der Waals surface area contributed by atoms with Crippen molar-refractivity contribution in [2.45, 2.75) is 31.5 Å². The van der Waals surface area contributed by atoms with Gasteiger partial charge in [0.05, 0.1) is 27.6 Å². The van der Waals surface area contributed by atoms with Crippen LogP contribution in [0.4, 0.5) is 0 Å². The van der Waals surface area contributed by atoms with E-state index in [2.05, 4.69) is 22.0 Å². The number of aromatic nitrogens is 2. The summed E-state index contributed by atoms with van der Waals surface area (Å²) < 4.78 is 16.5. The molecular weight excluding hydrogens is 418 g/mol. The van der Waals surface area contributed by atoms with Gasteiger partial charge in [-0.15, -0.1) is 0 Å². The highest BCUT2D eigenvalue weighted by atomic mass is 16.6. The molecule has 1 saturated heterocycles. The Bertz CT molecular complexity index is 1760. The second-order valence-electron chi connectivity index (χ2n) is 9.27. The minimum absolute atomic E-state index is 0.0748. The molecule has 3 aliphatic heterocycles. The summed E-state index contributed by atoms with van der Waals surface area (Å²) in [5.74, 6) is -0.196. The number of nitrogens with one attached hydrogen (secondary N) is 1. The molecule has 1 N–H and O–H groups in total. The number of nitrogens with zero attached hydrogens (tertiary/aromatic N) is 2. The molecule has 33 heavy (non-hydrogen) atoms. The molecule has 1 amide bonds. The summed E-state index contributed by atoms with van der Waals surface area (Å²) in [6.45, 7) is 2.41. The predicted octanol–water partition coefficient (Wildman–Crippen LogP) is 3.95. The third-order valence-corrected chi connectivity index (χ3v) is 7.77. The Kier molecular flexibility index (Phi) is 2.94. The lowest BCUT2D eigenvalue weighted by Gasteiger charge is -2.31. The van der Waals surface area contributed by atoms with Gasteiger partial charge >= 0.3 is 0 Å². The SMILES string of the molecule is CO[C@H]1C(=O)[C@@H]2O[C@@]1(C)n1c3ccccc3c3c4c(c5c6ccccc6n2c5c31)C(=O)NC4. The molecule has 0 aliphatic carbocycles. The molecular formula is C26H19N3O4. The van der Waals surface area contributed by atoms with Crippen LogP contribution in [0.5, 0.6) is 0 Å². The second kappa shape index (κ2) is 5.44. The number of rotatable bonds is 1. The number of ketones is 1. The number of carbonyl (C=O) groups is 2. The molecule has 0 unspecified atom stereocenters. The van der Waals surface area contributed by atoms with Crippen molar-refractivity contribution in [3.05, 3.63) is 59.7 Å². The summed E-state index contributed by atoms with van der Waals surface area (Å²) in [5.41, 5.74) is 4.36. The number of para-hydroxylation sites is 2. The highest BCUT2D eigenvalue weighted by Gasteiger charge is 2.58. The number of benzene rings is 3. The van der Waals surface area contributed by atoms with Crippen molar-refractivity contribution in [1.82, 2.24) is 14.5 Å². The summed E-state index contributed by atoms with van der Waals surface area (Å²) in [6, 6.07) is 16.1. The van der Waals surface area contributed by atoms with Crippen molar-refractivity contribution in [3.8, 4) is 0 Å². The molecule has 0 saturated carbocycles. The Morgan fingerprint density at radius 2 is 1.70 bits per heavy atom. The van der Waals surface area contributed by atoms with Gasteiger partial charge in [-0.1, -0.05) is 36.4 Å². The highest BCUT2D eigenvalue weighted by molar-refractivity contribution is 6.31. The van der Waals surface area contributed by atoms with Gasteiger partial charge in [0.15, 0.2) is 18.1 Å². The van der Waals surface area contributed by atoms with Gasteiger partial charge in [0.25, 0.3) is 5.91 Å². The van der Waals surface area contributed by atoms with Gasteiger partial charge < -0.3 is 23.9 Å². The Labute approximate surface area is 187 Å². The Hall–Kier alpha value is -3.68. The van der Waals surface area contributed by atoms with E-state index >= 15 is 0 Å². The number of ether oxygens (including phenoxy) is 2. The summed E-state index contributed by atoms with van der Waals surface area (Å²) in [4.78, 5) is 26.8. The molecule has 2 aromatic heterocycles. The zero-order chi connectivity index (χ0) is 22.2. The van der Waals surface area contributed by atoms with Gasteiger partial charge in [0.2, 0.25) is 5.78 Å². The standard InChI is InChI=1S/C26H19N3O4/c1-26-23(32-2)22(30)25(33-26)28-15-9-5-3-7-12(15)18-19-14(11-27-24(19)31)17-13-8-4-6-10-16(13)29(26)21(17)20(18)28/h3-10,23,25H,11H2,1-2H3,(H,27,31)/t23-,25-,26+/m0/s1. The quantitative estimate of drug-likeness (QED) is 0.431.